The number of rotatable bonds is 5. The molecule has 0 radical (unpaired) electrons. The molecular formula is C15H20N2O. The molecule has 1 atom stereocenters. The maximum absolute atomic E-state index is 5.63. The fourth-order valence-electron chi connectivity index (χ4n) is 1.83. The lowest BCUT2D eigenvalue weighted by molar-refractivity contribution is 0.242. The summed E-state index contributed by atoms with van der Waals surface area (Å²) in [6.07, 6.45) is 4.20. The molecule has 3 nitrogen and oxygen atoms in total. The quantitative estimate of drug-likeness (QED) is 0.870. The van der Waals surface area contributed by atoms with E-state index in [9.17, 15) is 0 Å². The molecule has 0 fully saturated rings. The summed E-state index contributed by atoms with van der Waals surface area (Å²) in [5.41, 5.74) is 4.61. The van der Waals surface area contributed by atoms with Gasteiger partial charge in [-0.15, -0.1) is 0 Å². The van der Waals surface area contributed by atoms with Crippen LogP contribution in [0.15, 0.2) is 48.8 Å². The first-order chi connectivity index (χ1) is 8.65. The van der Waals surface area contributed by atoms with Gasteiger partial charge in [0.1, 0.15) is 5.75 Å². The lowest BCUT2D eigenvalue weighted by Crippen LogP contribution is -2.16. The Morgan fingerprint density at radius 2 is 1.61 bits per heavy atom. The maximum atomic E-state index is 5.63. The molecule has 1 heterocycles. The Bertz CT molecular complexity index is 460. The molecule has 1 aromatic heterocycles. The van der Waals surface area contributed by atoms with Crippen LogP contribution in [0.5, 0.6) is 5.75 Å². The predicted molar refractivity (Wildman–Crippen MR) is 74.4 cm³/mol. The van der Waals surface area contributed by atoms with Crippen LogP contribution in [0.1, 0.15) is 32.4 Å². The lowest BCUT2D eigenvalue weighted by Gasteiger charge is -2.17. The van der Waals surface area contributed by atoms with Crippen molar-refractivity contribution in [3.05, 3.63) is 54.4 Å². The third kappa shape index (κ3) is 3.29. The molecule has 0 aliphatic heterocycles. The molecule has 0 saturated heterocycles. The van der Waals surface area contributed by atoms with Crippen molar-refractivity contribution in [2.45, 2.75) is 32.9 Å². The van der Waals surface area contributed by atoms with E-state index in [2.05, 4.69) is 24.5 Å². The first-order valence-corrected chi connectivity index (χ1v) is 6.31. The predicted octanol–water partition coefficient (Wildman–Crippen LogP) is 3.58. The van der Waals surface area contributed by atoms with Crippen molar-refractivity contribution in [2.75, 3.05) is 5.43 Å². The summed E-state index contributed by atoms with van der Waals surface area (Å²) < 4.78 is 7.59. The van der Waals surface area contributed by atoms with Crippen LogP contribution in [-0.2, 0) is 0 Å². The second-order valence-electron chi connectivity index (χ2n) is 4.68. The van der Waals surface area contributed by atoms with Crippen molar-refractivity contribution >= 4 is 0 Å². The highest BCUT2D eigenvalue weighted by atomic mass is 16.5. The Morgan fingerprint density at radius 1 is 1.00 bits per heavy atom. The zero-order chi connectivity index (χ0) is 13.0. The third-order valence-electron chi connectivity index (χ3n) is 2.70. The Balaban J connectivity index is 2.00. The zero-order valence-corrected chi connectivity index (χ0v) is 11.1. The molecule has 3 heteroatoms. The molecule has 96 valence electrons. The molecule has 0 aliphatic rings. The summed E-state index contributed by atoms with van der Waals surface area (Å²) in [6.45, 7) is 6.20. The lowest BCUT2D eigenvalue weighted by atomic mass is 10.1. The van der Waals surface area contributed by atoms with Gasteiger partial charge in [-0.1, -0.05) is 12.1 Å². The van der Waals surface area contributed by atoms with Gasteiger partial charge < -0.3 is 10.2 Å². The van der Waals surface area contributed by atoms with Crippen LogP contribution in [-0.4, -0.2) is 10.8 Å². The minimum atomic E-state index is 0.214. The average Bonchev–Trinajstić information content (AvgIpc) is 2.82. The van der Waals surface area contributed by atoms with Crippen LogP contribution in [0.25, 0.3) is 0 Å². The third-order valence-corrected chi connectivity index (χ3v) is 2.70. The Labute approximate surface area is 108 Å². The van der Waals surface area contributed by atoms with E-state index in [1.54, 1.807) is 0 Å². The van der Waals surface area contributed by atoms with E-state index in [1.165, 1.54) is 5.56 Å². The summed E-state index contributed by atoms with van der Waals surface area (Å²) in [5.74, 6) is 0.918. The van der Waals surface area contributed by atoms with Gasteiger partial charge in [0.15, 0.2) is 0 Å². The molecule has 18 heavy (non-hydrogen) atoms. The number of nitrogens with one attached hydrogen (secondary N) is 1. The number of aromatic nitrogens is 1. The van der Waals surface area contributed by atoms with Gasteiger partial charge in [-0.25, -0.2) is 0 Å². The SMILES string of the molecule is CC(C)Oc1ccc(C(C)Nn2cccc2)cc1. The smallest absolute Gasteiger partial charge is 0.119 e. The van der Waals surface area contributed by atoms with Crippen molar-refractivity contribution in [1.29, 1.82) is 0 Å². The van der Waals surface area contributed by atoms with Gasteiger partial charge >= 0.3 is 0 Å². The summed E-state index contributed by atoms with van der Waals surface area (Å²) in [5, 5.41) is 0. The van der Waals surface area contributed by atoms with Gasteiger partial charge in [0.25, 0.3) is 0 Å². The van der Waals surface area contributed by atoms with E-state index < -0.39 is 0 Å². The maximum Gasteiger partial charge on any atom is 0.119 e. The fourth-order valence-corrected chi connectivity index (χ4v) is 1.83. The van der Waals surface area contributed by atoms with E-state index in [4.69, 9.17) is 4.74 Å². The van der Waals surface area contributed by atoms with Crippen LogP contribution in [0.2, 0.25) is 0 Å². The van der Waals surface area contributed by atoms with E-state index in [0.29, 0.717) is 0 Å². The Hall–Kier alpha value is -1.90. The molecule has 0 aliphatic carbocycles. The van der Waals surface area contributed by atoms with Gasteiger partial charge in [0, 0.05) is 12.4 Å². The number of ether oxygens (including phenoxy) is 1. The molecule has 1 N–H and O–H groups in total. The molecule has 0 amide bonds. The second kappa shape index (κ2) is 5.63. The summed E-state index contributed by atoms with van der Waals surface area (Å²) >= 11 is 0. The first kappa shape index (κ1) is 12.6. The average molecular weight is 244 g/mol. The van der Waals surface area contributed by atoms with Crippen LogP contribution in [0.3, 0.4) is 0 Å². The van der Waals surface area contributed by atoms with E-state index in [-0.39, 0.29) is 12.1 Å². The first-order valence-electron chi connectivity index (χ1n) is 6.31. The normalized spacial score (nSPS) is 12.4. The molecule has 1 aromatic carbocycles. The minimum absolute atomic E-state index is 0.214. The zero-order valence-electron chi connectivity index (χ0n) is 11.1. The summed E-state index contributed by atoms with van der Waals surface area (Å²) in [7, 11) is 0. The van der Waals surface area contributed by atoms with Crippen LogP contribution >= 0.6 is 0 Å². The van der Waals surface area contributed by atoms with E-state index in [1.807, 2.05) is 55.2 Å². The highest BCUT2D eigenvalue weighted by Gasteiger charge is 2.05. The molecular weight excluding hydrogens is 224 g/mol. The van der Waals surface area contributed by atoms with E-state index >= 15 is 0 Å². The van der Waals surface area contributed by atoms with Crippen molar-refractivity contribution in [2.24, 2.45) is 0 Å². The molecule has 2 aromatic rings. The van der Waals surface area contributed by atoms with Crippen molar-refractivity contribution in [1.82, 2.24) is 4.68 Å². The van der Waals surface area contributed by atoms with E-state index in [0.717, 1.165) is 5.75 Å². The minimum Gasteiger partial charge on any atom is -0.491 e. The highest BCUT2D eigenvalue weighted by Crippen LogP contribution is 2.19. The number of nitrogens with zero attached hydrogens (tertiary/aromatic N) is 1. The van der Waals surface area contributed by atoms with Gasteiger partial charge in [0.2, 0.25) is 0 Å². The standard InChI is InChI=1S/C15H20N2O/c1-12(2)18-15-8-6-14(7-9-15)13(3)16-17-10-4-5-11-17/h4-13,16H,1-3H3. The number of hydrogen-bond donors (Lipinski definition) is 1. The Morgan fingerprint density at radius 3 is 2.17 bits per heavy atom. The summed E-state index contributed by atoms with van der Waals surface area (Å²) in [4.78, 5) is 0. The monoisotopic (exact) mass is 244 g/mol. The number of benzene rings is 1. The van der Waals surface area contributed by atoms with Crippen LogP contribution in [0, 0.1) is 0 Å². The summed E-state index contributed by atoms with van der Waals surface area (Å²) in [6, 6.07) is 12.5. The van der Waals surface area contributed by atoms with Crippen molar-refractivity contribution < 1.29 is 4.74 Å². The molecule has 0 saturated carbocycles. The molecule has 0 spiro atoms. The van der Waals surface area contributed by atoms with Crippen LogP contribution < -0.4 is 10.2 Å². The van der Waals surface area contributed by atoms with Gasteiger partial charge in [-0.05, 0) is 50.6 Å². The number of hydrogen-bond acceptors (Lipinski definition) is 2. The topological polar surface area (TPSA) is 26.2 Å². The molecule has 0 bridgehead atoms. The highest BCUT2D eigenvalue weighted by molar-refractivity contribution is 5.30. The van der Waals surface area contributed by atoms with Gasteiger partial charge in [0.05, 0.1) is 12.1 Å². The van der Waals surface area contributed by atoms with Gasteiger partial charge in [-0.3, -0.25) is 4.68 Å². The molecule has 1 unspecified atom stereocenters. The van der Waals surface area contributed by atoms with Gasteiger partial charge in [-0.2, -0.15) is 0 Å². The van der Waals surface area contributed by atoms with Crippen LogP contribution in [0.4, 0.5) is 0 Å². The largest absolute Gasteiger partial charge is 0.491 e. The molecule has 2 rings (SSSR count). The fraction of sp³-hybridized carbons (Fsp3) is 0.333. The van der Waals surface area contributed by atoms with Crippen molar-refractivity contribution in [3.63, 3.8) is 0 Å². The Kier molecular flexibility index (Phi) is 3.92. The second-order valence-corrected chi connectivity index (χ2v) is 4.68. The van der Waals surface area contributed by atoms with Crippen molar-refractivity contribution in [3.8, 4) is 5.75 Å².